The Morgan fingerprint density at radius 1 is 1.22 bits per heavy atom. The van der Waals surface area contributed by atoms with Gasteiger partial charge in [0.05, 0.1) is 4.90 Å². The molecule has 1 aromatic heterocycles. The summed E-state index contributed by atoms with van der Waals surface area (Å²) in [5.41, 5.74) is 0. The average molecular weight is 410 g/mol. The molecule has 27 heavy (non-hydrogen) atoms. The molecule has 0 bridgehead atoms. The lowest BCUT2D eigenvalue weighted by molar-refractivity contribution is -0.121. The van der Waals surface area contributed by atoms with E-state index < -0.39 is 15.1 Å². The van der Waals surface area contributed by atoms with Gasteiger partial charge >= 0.3 is 0 Å². The zero-order chi connectivity index (χ0) is 19.3. The summed E-state index contributed by atoms with van der Waals surface area (Å²) in [5.74, 6) is 0.843. The number of ether oxygens (including phenoxy) is 2. The van der Waals surface area contributed by atoms with Crippen molar-refractivity contribution < 1.29 is 22.7 Å². The topological polar surface area (TPSA) is 81.7 Å². The highest BCUT2D eigenvalue weighted by molar-refractivity contribution is 7.91. The molecule has 2 heterocycles. The summed E-state index contributed by atoms with van der Waals surface area (Å²) in [5, 5.41) is 3.77. The number of rotatable bonds is 8. The van der Waals surface area contributed by atoms with Crippen LogP contribution < -0.4 is 14.8 Å². The first kappa shape index (κ1) is 19.7. The molecule has 2 aromatic rings. The Bertz CT molecular complexity index is 878. The zero-order valence-corrected chi connectivity index (χ0v) is 16.8. The van der Waals surface area contributed by atoms with E-state index in [2.05, 4.69) is 5.32 Å². The molecule has 1 aliphatic rings. The van der Waals surface area contributed by atoms with Gasteiger partial charge in [-0.1, -0.05) is 19.4 Å². The third-order valence-corrected chi connectivity index (χ3v) is 7.54. The number of carbonyl (C=O) groups excluding carboxylic acids is 1. The third kappa shape index (κ3) is 4.62. The van der Waals surface area contributed by atoms with Crippen LogP contribution in [0.5, 0.6) is 11.5 Å². The van der Waals surface area contributed by atoms with E-state index in [0.717, 1.165) is 12.8 Å². The van der Waals surface area contributed by atoms with Crippen LogP contribution in [0.25, 0.3) is 0 Å². The van der Waals surface area contributed by atoms with E-state index in [1.165, 1.54) is 23.5 Å². The number of hydrogen-bond acceptors (Lipinski definition) is 6. The molecule has 3 rings (SSSR count). The van der Waals surface area contributed by atoms with Crippen molar-refractivity contribution in [3.05, 3.63) is 40.6 Å². The second-order valence-corrected chi connectivity index (χ2v) is 9.37. The fourth-order valence-electron chi connectivity index (χ4n) is 2.83. The lowest BCUT2D eigenvalue weighted by Crippen LogP contribution is -2.31. The largest absolute Gasteiger partial charge is 0.486 e. The van der Waals surface area contributed by atoms with Gasteiger partial charge < -0.3 is 14.8 Å². The van der Waals surface area contributed by atoms with Gasteiger partial charge in [0, 0.05) is 23.9 Å². The molecule has 0 saturated heterocycles. The fourth-order valence-corrected chi connectivity index (χ4v) is 5.63. The van der Waals surface area contributed by atoms with Gasteiger partial charge in [0.2, 0.25) is 5.91 Å². The van der Waals surface area contributed by atoms with Gasteiger partial charge in [-0.2, -0.15) is 0 Å². The predicted molar refractivity (Wildman–Crippen MR) is 104 cm³/mol. The number of fused-ring (bicyclic) bond motifs is 1. The third-order valence-electron chi connectivity index (χ3n) is 4.32. The van der Waals surface area contributed by atoms with Crippen molar-refractivity contribution in [1.29, 1.82) is 0 Å². The minimum atomic E-state index is -3.71. The Kier molecular flexibility index (Phi) is 6.38. The van der Waals surface area contributed by atoms with Crippen LogP contribution in [-0.4, -0.2) is 34.1 Å². The van der Waals surface area contributed by atoms with E-state index in [-0.39, 0.29) is 17.3 Å². The molecular formula is C19H23NO5S2. The van der Waals surface area contributed by atoms with Crippen LogP contribution >= 0.6 is 11.3 Å². The van der Waals surface area contributed by atoms with E-state index in [4.69, 9.17) is 9.47 Å². The highest BCUT2D eigenvalue weighted by Crippen LogP contribution is 2.37. The number of sulfone groups is 1. The maximum atomic E-state index is 13.3. The van der Waals surface area contributed by atoms with Crippen molar-refractivity contribution in [2.75, 3.05) is 19.8 Å². The molecule has 1 N–H and O–H groups in total. The van der Waals surface area contributed by atoms with Crippen molar-refractivity contribution in [1.82, 2.24) is 5.32 Å². The first-order chi connectivity index (χ1) is 13.0. The number of amides is 1. The molecule has 146 valence electrons. The summed E-state index contributed by atoms with van der Waals surface area (Å²) >= 11 is 1.36. The Labute approximate surface area is 163 Å². The van der Waals surface area contributed by atoms with Gasteiger partial charge in [-0.05, 0) is 30.0 Å². The quantitative estimate of drug-likeness (QED) is 0.723. The summed E-state index contributed by atoms with van der Waals surface area (Å²) < 4.78 is 37.6. The summed E-state index contributed by atoms with van der Waals surface area (Å²) in [6, 6.07) is 8.24. The van der Waals surface area contributed by atoms with Crippen LogP contribution in [0.2, 0.25) is 0 Å². The Balaban J connectivity index is 1.85. The smallest absolute Gasteiger partial charge is 0.220 e. The van der Waals surface area contributed by atoms with Gasteiger partial charge in [-0.15, -0.1) is 11.3 Å². The van der Waals surface area contributed by atoms with Crippen LogP contribution in [0.15, 0.2) is 40.6 Å². The van der Waals surface area contributed by atoms with E-state index in [0.29, 0.717) is 36.0 Å². The van der Waals surface area contributed by atoms with Crippen LogP contribution in [0, 0.1) is 0 Å². The second-order valence-electron chi connectivity index (χ2n) is 6.26. The lowest BCUT2D eigenvalue weighted by atomic mass is 10.2. The van der Waals surface area contributed by atoms with Gasteiger partial charge in [-0.3, -0.25) is 4.79 Å². The van der Waals surface area contributed by atoms with Gasteiger partial charge in [-0.25, -0.2) is 8.42 Å². The van der Waals surface area contributed by atoms with E-state index >= 15 is 0 Å². The van der Waals surface area contributed by atoms with Gasteiger partial charge in [0.25, 0.3) is 0 Å². The molecule has 6 nitrogen and oxygen atoms in total. The Morgan fingerprint density at radius 2 is 2.00 bits per heavy atom. The molecule has 1 aliphatic heterocycles. The standard InChI is InChI=1S/C19H23NO5S2/c1-2-3-6-19(21)20-13-18(17-5-4-11-26-17)27(22,23)14-7-8-15-16(12-14)25-10-9-24-15/h4-5,7-8,11-12,18H,2-3,6,9-10,13H2,1H3,(H,20,21)/t18-/m0/s1. The van der Waals surface area contributed by atoms with Crippen molar-refractivity contribution >= 4 is 27.1 Å². The monoisotopic (exact) mass is 409 g/mol. The number of hydrogen-bond donors (Lipinski definition) is 1. The zero-order valence-electron chi connectivity index (χ0n) is 15.1. The van der Waals surface area contributed by atoms with Crippen molar-refractivity contribution in [2.45, 2.75) is 36.3 Å². The highest BCUT2D eigenvalue weighted by atomic mass is 32.2. The molecule has 1 amide bonds. The molecule has 8 heteroatoms. The average Bonchev–Trinajstić information content (AvgIpc) is 3.20. The second kappa shape index (κ2) is 8.75. The Morgan fingerprint density at radius 3 is 2.70 bits per heavy atom. The highest BCUT2D eigenvalue weighted by Gasteiger charge is 2.31. The van der Waals surface area contributed by atoms with Gasteiger partial charge in [0.15, 0.2) is 21.3 Å². The number of unbranched alkanes of at least 4 members (excludes halogenated alkanes) is 1. The molecular weight excluding hydrogens is 386 g/mol. The minimum Gasteiger partial charge on any atom is -0.486 e. The summed E-state index contributed by atoms with van der Waals surface area (Å²) in [6.07, 6.45) is 2.10. The molecule has 0 aliphatic carbocycles. The molecule has 0 fully saturated rings. The molecule has 0 spiro atoms. The van der Waals surface area contributed by atoms with Crippen LogP contribution in [0.3, 0.4) is 0 Å². The Hall–Kier alpha value is -2.06. The fraction of sp³-hybridized carbons (Fsp3) is 0.421. The minimum absolute atomic E-state index is 0.0415. The number of benzene rings is 1. The van der Waals surface area contributed by atoms with Crippen molar-refractivity contribution in [3.63, 3.8) is 0 Å². The van der Waals surface area contributed by atoms with Crippen molar-refractivity contribution in [2.24, 2.45) is 0 Å². The molecule has 0 unspecified atom stereocenters. The van der Waals surface area contributed by atoms with Crippen molar-refractivity contribution in [3.8, 4) is 11.5 Å². The van der Waals surface area contributed by atoms with Crippen LogP contribution in [0.1, 0.15) is 36.3 Å². The molecule has 1 atom stereocenters. The van der Waals surface area contributed by atoms with E-state index in [1.807, 2.05) is 18.4 Å². The molecule has 1 aromatic carbocycles. The van der Waals surface area contributed by atoms with E-state index in [1.54, 1.807) is 12.1 Å². The summed E-state index contributed by atoms with van der Waals surface area (Å²) in [4.78, 5) is 12.8. The van der Waals surface area contributed by atoms with Gasteiger partial charge in [0.1, 0.15) is 18.5 Å². The van der Waals surface area contributed by atoms with E-state index in [9.17, 15) is 13.2 Å². The number of carbonyl (C=O) groups is 1. The first-order valence-electron chi connectivity index (χ1n) is 8.96. The van der Waals surface area contributed by atoms with Crippen LogP contribution in [0.4, 0.5) is 0 Å². The lowest BCUT2D eigenvalue weighted by Gasteiger charge is -2.21. The number of nitrogens with one attached hydrogen (secondary N) is 1. The normalized spacial score (nSPS) is 14.6. The SMILES string of the molecule is CCCCC(=O)NC[C@@H](c1cccs1)S(=O)(=O)c1ccc2c(c1)OCCO2. The maximum absolute atomic E-state index is 13.3. The molecule has 0 saturated carbocycles. The first-order valence-corrected chi connectivity index (χ1v) is 11.4. The number of thiophene rings is 1. The molecule has 0 radical (unpaired) electrons. The summed E-state index contributed by atoms with van der Waals surface area (Å²) in [6.45, 7) is 2.88. The predicted octanol–water partition coefficient (Wildman–Crippen LogP) is 3.34. The maximum Gasteiger partial charge on any atom is 0.220 e. The van der Waals surface area contributed by atoms with Crippen LogP contribution in [-0.2, 0) is 14.6 Å². The summed E-state index contributed by atoms with van der Waals surface area (Å²) in [7, 11) is -3.71.